The van der Waals surface area contributed by atoms with Gasteiger partial charge in [0, 0.05) is 5.39 Å². The molecule has 1 aromatic carbocycles. The Morgan fingerprint density at radius 3 is 2.76 bits per heavy atom. The molecule has 0 fully saturated rings. The van der Waals surface area contributed by atoms with Gasteiger partial charge in [-0.15, -0.1) is 16.4 Å². The molecule has 0 saturated carbocycles. The fraction of sp³-hybridized carbons (Fsp3) is 0. The molecule has 3 aromatic heterocycles. The number of benzene rings is 1. The number of nitrogens with zero attached hydrogens (tertiary/aromatic N) is 2. The number of hydrogen-bond donors (Lipinski definition) is 1. The lowest BCUT2D eigenvalue weighted by molar-refractivity contribution is 0.102. The molecule has 124 valence electrons. The van der Waals surface area contributed by atoms with Gasteiger partial charge >= 0.3 is 11.6 Å². The second kappa shape index (κ2) is 6.26. The normalized spacial score (nSPS) is 10.9. The summed E-state index contributed by atoms with van der Waals surface area (Å²) in [6.07, 6.45) is 0. The van der Waals surface area contributed by atoms with Crippen LogP contribution < -0.4 is 10.9 Å². The number of rotatable bonds is 3. The molecule has 0 aliphatic heterocycles. The number of carbonyl (C=O) groups excluding carboxylic acids is 1. The third-order valence-electron chi connectivity index (χ3n) is 3.32. The SMILES string of the molecule is O=C(Nc1nnc(-c2ccc(Br)s2)o1)c1cc2ccccc2oc1=O. The Morgan fingerprint density at radius 2 is 1.96 bits per heavy atom. The summed E-state index contributed by atoms with van der Waals surface area (Å²) in [6, 6.07) is 12.0. The Hall–Kier alpha value is -2.78. The van der Waals surface area contributed by atoms with Crippen molar-refractivity contribution in [3.63, 3.8) is 0 Å². The van der Waals surface area contributed by atoms with Crippen LogP contribution in [0.25, 0.3) is 21.7 Å². The maximum Gasteiger partial charge on any atom is 0.349 e. The minimum atomic E-state index is -0.738. The minimum Gasteiger partial charge on any atom is -0.422 e. The van der Waals surface area contributed by atoms with Crippen LogP contribution in [-0.4, -0.2) is 16.1 Å². The second-order valence-electron chi connectivity index (χ2n) is 4.96. The number of thiophene rings is 1. The predicted octanol–water partition coefficient (Wildman–Crippen LogP) is 3.92. The lowest BCUT2D eigenvalue weighted by Gasteiger charge is -2.01. The number of hydrogen-bond acceptors (Lipinski definition) is 7. The number of nitrogens with one attached hydrogen (secondary N) is 1. The van der Waals surface area contributed by atoms with E-state index in [1.54, 1.807) is 24.3 Å². The van der Waals surface area contributed by atoms with Gasteiger partial charge in [-0.25, -0.2) is 4.79 Å². The molecule has 25 heavy (non-hydrogen) atoms. The molecule has 0 bridgehead atoms. The molecule has 4 aromatic rings. The maximum atomic E-state index is 12.3. The zero-order valence-electron chi connectivity index (χ0n) is 12.4. The van der Waals surface area contributed by atoms with Crippen LogP contribution in [0.1, 0.15) is 10.4 Å². The third-order valence-corrected chi connectivity index (χ3v) is 4.93. The van der Waals surface area contributed by atoms with Crippen LogP contribution in [-0.2, 0) is 0 Å². The number of carbonyl (C=O) groups is 1. The Labute approximate surface area is 152 Å². The number of halogens is 1. The highest BCUT2D eigenvalue weighted by molar-refractivity contribution is 9.11. The van der Waals surface area contributed by atoms with E-state index in [2.05, 4.69) is 31.4 Å². The third kappa shape index (κ3) is 3.11. The molecule has 9 heteroatoms. The van der Waals surface area contributed by atoms with Crippen molar-refractivity contribution >= 4 is 50.2 Å². The number of amides is 1. The van der Waals surface area contributed by atoms with E-state index in [0.29, 0.717) is 11.0 Å². The first kappa shape index (κ1) is 15.7. The van der Waals surface area contributed by atoms with Gasteiger partial charge in [0.25, 0.3) is 11.8 Å². The molecule has 0 aliphatic carbocycles. The summed E-state index contributed by atoms with van der Waals surface area (Å²) in [5.74, 6) is -0.404. The van der Waals surface area contributed by atoms with Gasteiger partial charge in [0.05, 0.1) is 8.66 Å². The van der Waals surface area contributed by atoms with Gasteiger partial charge < -0.3 is 8.83 Å². The maximum absolute atomic E-state index is 12.3. The Bertz CT molecular complexity index is 1150. The van der Waals surface area contributed by atoms with Crippen LogP contribution >= 0.6 is 27.3 Å². The van der Waals surface area contributed by atoms with E-state index in [0.717, 1.165) is 8.66 Å². The summed E-state index contributed by atoms with van der Waals surface area (Å²) in [5, 5.41) is 10.7. The fourth-order valence-corrected chi connectivity index (χ4v) is 3.49. The molecule has 7 nitrogen and oxygen atoms in total. The summed E-state index contributed by atoms with van der Waals surface area (Å²) >= 11 is 4.76. The molecule has 3 heterocycles. The molecule has 1 N–H and O–H groups in total. The molecule has 4 rings (SSSR count). The molecule has 1 amide bonds. The lowest BCUT2D eigenvalue weighted by Crippen LogP contribution is -2.20. The molecule has 0 aliphatic rings. The van der Waals surface area contributed by atoms with Crippen molar-refractivity contribution in [3.05, 3.63) is 62.2 Å². The Balaban J connectivity index is 1.61. The monoisotopic (exact) mass is 417 g/mol. The zero-order valence-corrected chi connectivity index (χ0v) is 14.8. The van der Waals surface area contributed by atoms with Gasteiger partial charge in [0.15, 0.2) is 0 Å². The number of fused-ring (bicyclic) bond motifs is 1. The van der Waals surface area contributed by atoms with Gasteiger partial charge in [0.1, 0.15) is 11.1 Å². The molecular formula is C16H8BrN3O4S. The van der Waals surface area contributed by atoms with Gasteiger partial charge in [-0.05, 0) is 40.2 Å². The number of anilines is 1. The van der Waals surface area contributed by atoms with E-state index in [-0.39, 0.29) is 17.5 Å². The first-order valence-electron chi connectivity index (χ1n) is 7.03. The first-order valence-corrected chi connectivity index (χ1v) is 8.64. The molecular weight excluding hydrogens is 410 g/mol. The molecule has 0 unspecified atom stereocenters. The fourth-order valence-electron chi connectivity index (χ4n) is 2.19. The Morgan fingerprint density at radius 1 is 1.12 bits per heavy atom. The van der Waals surface area contributed by atoms with E-state index in [1.165, 1.54) is 17.4 Å². The van der Waals surface area contributed by atoms with Crippen molar-refractivity contribution in [2.45, 2.75) is 0 Å². The average molecular weight is 418 g/mol. The van der Waals surface area contributed by atoms with Crippen molar-refractivity contribution < 1.29 is 13.6 Å². The molecule has 0 spiro atoms. The summed E-state index contributed by atoms with van der Waals surface area (Å²) in [7, 11) is 0. The largest absolute Gasteiger partial charge is 0.422 e. The van der Waals surface area contributed by atoms with E-state index < -0.39 is 11.5 Å². The quantitative estimate of drug-likeness (QED) is 0.507. The molecule has 0 radical (unpaired) electrons. The zero-order chi connectivity index (χ0) is 17.4. The summed E-state index contributed by atoms with van der Waals surface area (Å²) in [6.45, 7) is 0. The second-order valence-corrected chi connectivity index (χ2v) is 7.42. The highest BCUT2D eigenvalue weighted by atomic mass is 79.9. The molecule has 0 saturated heterocycles. The Kier molecular flexibility index (Phi) is 3.94. The van der Waals surface area contributed by atoms with Crippen LogP contribution in [0.4, 0.5) is 6.01 Å². The van der Waals surface area contributed by atoms with E-state index in [9.17, 15) is 9.59 Å². The van der Waals surface area contributed by atoms with Crippen molar-refractivity contribution in [1.29, 1.82) is 0 Å². The van der Waals surface area contributed by atoms with E-state index in [1.807, 2.05) is 12.1 Å². The topological polar surface area (TPSA) is 98.2 Å². The van der Waals surface area contributed by atoms with Gasteiger partial charge in [-0.2, -0.15) is 0 Å². The van der Waals surface area contributed by atoms with Crippen LogP contribution in [0.3, 0.4) is 0 Å². The summed E-state index contributed by atoms with van der Waals surface area (Å²) in [5.41, 5.74) is -0.470. The summed E-state index contributed by atoms with van der Waals surface area (Å²) < 4.78 is 11.5. The van der Waals surface area contributed by atoms with Crippen molar-refractivity contribution in [2.24, 2.45) is 0 Å². The lowest BCUT2D eigenvalue weighted by atomic mass is 10.2. The predicted molar refractivity (Wildman–Crippen MR) is 95.7 cm³/mol. The van der Waals surface area contributed by atoms with E-state index >= 15 is 0 Å². The number of para-hydroxylation sites is 1. The molecule has 0 atom stereocenters. The van der Waals surface area contributed by atoms with Crippen molar-refractivity contribution in [2.75, 3.05) is 5.32 Å². The number of aromatic nitrogens is 2. The standard InChI is InChI=1S/C16H8BrN3O4S/c17-12-6-5-11(25-12)14-19-20-16(24-14)18-13(21)9-7-8-3-1-2-4-10(8)23-15(9)22/h1-7H,(H,18,20,21). The van der Waals surface area contributed by atoms with Crippen LogP contribution in [0.5, 0.6) is 0 Å². The van der Waals surface area contributed by atoms with Crippen molar-refractivity contribution in [3.8, 4) is 10.8 Å². The van der Waals surface area contributed by atoms with Gasteiger partial charge in [-0.3, -0.25) is 10.1 Å². The van der Waals surface area contributed by atoms with Gasteiger partial charge in [-0.1, -0.05) is 23.3 Å². The first-order chi connectivity index (χ1) is 12.1. The van der Waals surface area contributed by atoms with Crippen LogP contribution in [0.15, 0.2) is 59.9 Å². The summed E-state index contributed by atoms with van der Waals surface area (Å²) in [4.78, 5) is 25.1. The minimum absolute atomic E-state index is 0.0999. The highest BCUT2D eigenvalue weighted by Crippen LogP contribution is 2.31. The average Bonchev–Trinajstić information content (AvgIpc) is 3.23. The van der Waals surface area contributed by atoms with Crippen LogP contribution in [0.2, 0.25) is 0 Å². The van der Waals surface area contributed by atoms with Crippen LogP contribution in [0, 0.1) is 0 Å². The van der Waals surface area contributed by atoms with Crippen molar-refractivity contribution in [1.82, 2.24) is 10.2 Å². The van der Waals surface area contributed by atoms with Gasteiger partial charge in [0.2, 0.25) is 0 Å². The van der Waals surface area contributed by atoms with E-state index in [4.69, 9.17) is 8.83 Å². The highest BCUT2D eigenvalue weighted by Gasteiger charge is 2.17. The smallest absolute Gasteiger partial charge is 0.349 e.